The lowest BCUT2D eigenvalue weighted by atomic mass is 10.1. The second-order valence-electron chi connectivity index (χ2n) is 11.1. The predicted molar refractivity (Wildman–Crippen MR) is 184 cm³/mol. The second kappa shape index (κ2) is 18.8. The standard InChI is InChI=1S/C33H46Cl4N4O/c1-3-5-7-8-9-10-11-12-13-14-15-16-20-40(19-6-4-2)26-17-18-27(35)30(23-26)38-31-24-32(42)41(39-31)33-28(36)21-25(34)22-29(33)37/h17-18,21-24,38-39H,3-16,19-20H2,1-2H3. The molecule has 0 fully saturated rings. The highest BCUT2D eigenvalue weighted by Crippen LogP contribution is 2.33. The summed E-state index contributed by atoms with van der Waals surface area (Å²) in [5, 5.41) is 7.82. The topological polar surface area (TPSA) is 53.1 Å². The summed E-state index contributed by atoms with van der Waals surface area (Å²) in [4.78, 5) is 15.2. The molecule has 42 heavy (non-hydrogen) atoms. The number of nitrogens with one attached hydrogen (secondary N) is 2. The van der Waals surface area contributed by atoms with Gasteiger partial charge in [0.15, 0.2) is 0 Å². The van der Waals surface area contributed by atoms with E-state index < -0.39 is 0 Å². The van der Waals surface area contributed by atoms with E-state index >= 15 is 0 Å². The first-order valence-corrected chi connectivity index (χ1v) is 17.1. The maximum atomic E-state index is 12.8. The molecule has 0 unspecified atom stereocenters. The van der Waals surface area contributed by atoms with E-state index in [0.29, 0.717) is 27.2 Å². The molecule has 9 heteroatoms. The molecule has 1 aromatic heterocycles. The van der Waals surface area contributed by atoms with Crippen molar-refractivity contribution in [1.29, 1.82) is 0 Å². The Kier molecular flexibility index (Phi) is 15.5. The second-order valence-corrected chi connectivity index (χ2v) is 12.7. The highest BCUT2D eigenvalue weighted by molar-refractivity contribution is 6.40. The Labute approximate surface area is 271 Å². The van der Waals surface area contributed by atoms with Crippen LogP contribution >= 0.6 is 46.4 Å². The summed E-state index contributed by atoms with van der Waals surface area (Å²) in [6, 6.07) is 10.6. The Morgan fingerprint density at radius 1 is 0.690 bits per heavy atom. The summed E-state index contributed by atoms with van der Waals surface area (Å²) in [7, 11) is 0. The summed E-state index contributed by atoms with van der Waals surface area (Å²) in [6.07, 6.45) is 18.4. The molecule has 1 heterocycles. The quantitative estimate of drug-likeness (QED) is 0.119. The van der Waals surface area contributed by atoms with Crippen LogP contribution in [0.3, 0.4) is 0 Å². The zero-order valence-electron chi connectivity index (χ0n) is 25.1. The molecule has 0 atom stereocenters. The largest absolute Gasteiger partial charge is 0.371 e. The van der Waals surface area contributed by atoms with E-state index in [1.807, 2.05) is 6.07 Å². The first kappa shape index (κ1) is 34.7. The van der Waals surface area contributed by atoms with Crippen molar-refractivity contribution in [2.45, 2.75) is 104 Å². The van der Waals surface area contributed by atoms with Gasteiger partial charge in [-0.1, -0.05) is 137 Å². The molecule has 3 aromatic rings. The summed E-state index contributed by atoms with van der Waals surface area (Å²) in [6.45, 7) is 6.50. The molecule has 0 bridgehead atoms. The average molecular weight is 657 g/mol. The molecule has 0 aliphatic heterocycles. The van der Waals surface area contributed by atoms with Crippen LogP contribution in [0, 0.1) is 0 Å². The van der Waals surface area contributed by atoms with Gasteiger partial charge in [0.25, 0.3) is 5.56 Å². The molecule has 0 radical (unpaired) electrons. The van der Waals surface area contributed by atoms with Crippen molar-refractivity contribution in [3.05, 3.63) is 66.8 Å². The maximum Gasteiger partial charge on any atom is 0.273 e. The molecule has 2 aromatic carbocycles. The van der Waals surface area contributed by atoms with Crippen molar-refractivity contribution in [3.63, 3.8) is 0 Å². The molecule has 0 aliphatic carbocycles. The van der Waals surface area contributed by atoms with Crippen LogP contribution in [0.2, 0.25) is 20.1 Å². The third kappa shape index (κ3) is 11.0. The third-order valence-electron chi connectivity index (χ3n) is 7.57. The first-order valence-electron chi connectivity index (χ1n) is 15.6. The highest BCUT2D eigenvalue weighted by atomic mass is 35.5. The Bertz CT molecular complexity index is 1270. The van der Waals surface area contributed by atoms with E-state index in [0.717, 1.165) is 31.6 Å². The maximum absolute atomic E-state index is 12.8. The van der Waals surface area contributed by atoms with Gasteiger partial charge in [-0.25, -0.2) is 4.68 Å². The number of nitrogens with zero attached hydrogens (tertiary/aromatic N) is 2. The molecule has 232 valence electrons. The molecule has 0 aliphatic rings. The fraction of sp³-hybridized carbons (Fsp3) is 0.545. The molecule has 0 spiro atoms. The van der Waals surface area contributed by atoms with Crippen LogP contribution in [0.25, 0.3) is 5.69 Å². The number of halogens is 4. The summed E-state index contributed by atoms with van der Waals surface area (Å²) in [5.74, 6) is 0.474. The lowest BCUT2D eigenvalue weighted by Crippen LogP contribution is -2.25. The Hall–Kier alpha value is -1.79. The SMILES string of the molecule is CCCCCCCCCCCCCCN(CCCC)c1ccc(Cl)c(Nc2cc(=O)n(-c3c(Cl)cc(Cl)cc3Cl)[nH]2)c1. The van der Waals surface area contributed by atoms with Gasteiger partial charge < -0.3 is 10.2 Å². The lowest BCUT2D eigenvalue weighted by molar-refractivity contribution is 0.542. The number of benzene rings is 2. The van der Waals surface area contributed by atoms with Crippen LogP contribution in [0.5, 0.6) is 0 Å². The Morgan fingerprint density at radius 3 is 1.83 bits per heavy atom. The van der Waals surface area contributed by atoms with Gasteiger partial charge in [0.1, 0.15) is 11.5 Å². The zero-order chi connectivity index (χ0) is 30.3. The van der Waals surface area contributed by atoms with E-state index in [1.165, 1.54) is 87.8 Å². The third-order valence-corrected chi connectivity index (χ3v) is 8.70. The molecule has 0 saturated carbocycles. The smallest absolute Gasteiger partial charge is 0.273 e. The van der Waals surface area contributed by atoms with E-state index in [9.17, 15) is 4.79 Å². The van der Waals surface area contributed by atoms with Crippen LogP contribution in [-0.4, -0.2) is 22.9 Å². The Morgan fingerprint density at radius 2 is 1.24 bits per heavy atom. The molecule has 3 rings (SSSR count). The normalized spacial score (nSPS) is 11.3. The van der Waals surface area contributed by atoms with Gasteiger partial charge >= 0.3 is 0 Å². The number of aromatic nitrogens is 2. The molecular weight excluding hydrogens is 610 g/mol. The number of hydrogen-bond donors (Lipinski definition) is 2. The number of unbranched alkanes of at least 4 members (excludes halogenated alkanes) is 12. The van der Waals surface area contributed by atoms with Crippen molar-refractivity contribution in [2.75, 3.05) is 23.3 Å². The van der Waals surface area contributed by atoms with Crippen molar-refractivity contribution < 1.29 is 0 Å². The van der Waals surface area contributed by atoms with Crippen molar-refractivity contribution in [1.82, 2.24) is 9.78 Å². The van der Waals surface area contributed by atoms with E-state index in [1.54, 1.807) is 12.1 Å². The van der Waals surface area contributed by atoms with Gasteiger partial charge in [-0.2, -0.15) is 0 Å². The van der Waals surface area contributed by atoms with Crippen LogP contribution < -0.4 is 15.8 Å². The molecule has 0 amide bonds. The van der Waals surface area contributed by atoms with Gasteiger partial charge in [-0.3, -0.25) is 9.89 Å². The zero-order valence-corrected chi connectivity index (χ0v) is 28.1. The van der Waals surface area contributed by atoms with Crippen LogP contribution in [0.4, 0.5) is 17.2 Å². The fourth-order valence-corrected chi connectivity index (χ4v) is 6.34. The summed E-state index contributed by atoms with van der Waals surface area (Å²) >= 11 is 25.3. The molecule has 0 saturated heterocycles. The predicted octanol–water partition coefficient (Wildman–Crippen LogP) is 11.8. The van der Waals surface area contributed by atoms with Crippen molar-refractivity contribution in [3.8, 4) is 5.69 Å². The minimum absolute atomic E-state index is 0.271. The van der Waals surface area contributed by atoms with Crippen LogP contribution in [0.15, 0.2) is 41.2 Å². The molecule has 2 N–H and O–H groups in total. The van der Waals surface area contributed by atoms with Gasteiger partial charge in [0, 0.05) is 29.9 Å². The van der Waals surface area contributed by atoms with Gasteiger partial charge in [0.05, 0.1) is 20.8 Å². The van der Waals surface area contributed by atoms with Gasteiger partial charge in [-0.05, 0) is 43.2 Å². The molecular formula is C33H46Cl4N4O. The summed E-state index contributed by atoms with van der Waals surface area (Å²) < 4.78 is 1.29. The minimum atomic E-state index is -0.313. The minimum Gasteiger partial charge on any atom is -0.371 e. The van der Waals surface area contributed by atoms with E-state index in [2.05, 4.69) is 41.3 Å². The van der Waals surface area contributed by atoms with Crippen LogP contribution in [-0.2, 0) is 0 Å². The number of aromatic amines is 1. The Balaban J connectivity index is 1.57. The highest BCUT2D eigenvalue weighted by Gasteiger charge is 2.15. The monoisotopic (exact) mass is 654 g/mol. The van der Waals surface area contributed by atoms with Crippen LogP contribution in [0.1, 0.15) is 104 Å². The number of hydrogen-bond acceptors (Lipinski definition) is 3. The van der Waals surface area contributed by atoms with Crippen molar-refractivity contribution in [2.24, 2.45) is 0 Å². The van der Waals surface area contributed by atoms with Gasteiger partial charge in [0.2, 0.25) is 0 Å². The first-order chi connectivity index (χ1) is 20.3. The number of rotatable bonds is 20. The molecule has 5 nitrogen and oxygen atoms in total. The number of H-pyrrole nitrogens is 1. The van der Waals surface area contributed by atoms with Gasteiger partial charge in [-0.15, -0.1) is 0 Å². The van der Waals surface area contributed by atoms with E-state index in [-0.39, 0.29) is 15.6 Å². The summed E-state index contributed by atoms with van der Waals surface area (Å²) in [5.41, 5.74) is 1.86. The van der Waals surface area contributed by atoms with E-state index in [4.69, 9.17) is 46.4 Å². The average Bonchev–Trinajstić information content (AvgIpc) is 3.30. The number of anilines is 3. The fourth-order valence-electron chi connectivity index (χ4n) is 5.19. The lowest BCUT2D eigenvalue weighted by Gasteiger charge is -2.26. The van der Waals surface area contributed by atoms with Crippen molar-refractivity contribution >= 4 is 63.6 Å².